The first-order chi connectivity index (χ1) is 9.79. The Hall–Kier alpha value is 1.87. The first-order valence-corrected chi connectivity index (χ1v) is 7.62. The van der Waals surface area contributed by atoms with E-state index in [1.165, 1.54) is 36.7 Å². The van der Waals surface area contributed by atoms with Gasteiger partial charge < -0.3 is 20.3 Å². The molecule has 0 N–H and O–H groups in total. The SMILES string of the molecule is [CH2-]CC[CH-]C1CCCC1[CH2-].[Y+3].[Y].[Y].c1cc2ccn3ccc1n23. The van der Waals surface area contributed by atoms with Crippen LogP contribution in [0.15, 0.2) is 36.7 Å². The average molecular weight is 534 g/mol. The first kappa shape index (κ1) is 24.9. The van der Waals surface area contributed by atoms with E-state index in [0.29, 0.717) is 5.92 Å². The minimum atomic E-state index is 0. The van der Waals surface area contributed by atoms with E-state index in [1.807, 2.05) is 0 Å². The van der Waals surface area contributed by atoms with E-state index in [9.17, 15) is 0 Å². The van der Waals surface area contributed by atoms with Crippen molar-refractivity contribution < 1.29 is 98.1 Å². The van der Waals surface area contributed by atoms with Crippen LogP contribution in [-0.2, 0) is 98.1 Å². The van der Waals surface area contributed by atoms with E-state index in [2.05, 4.69) is 66.0 Å². The van der Waals surface area contributed by atoms with Gasteiger partial charge in [0.05, 0.1) is 11.0 Å². The predicted octanol–water partition coefficient (Wildman–Crippen LogP) is 4.68. The molecule has 0 amide bonds. The molecule has 0 aromatic carbocycles. The molecule has 0 saturated heterocycles. The Morgan fingerprint density at radius 2 is 1.65 bits per heavy atom. The summed E-state index contributed by atoms with van der Waals surface area (Å²) in [5.74, 6) is 1.51. The Kier molecular flexibility index (Phi) is 13.3. The van der Waals surface area contributed by atoms with Crippen molar-refractivity contribution in [2.45, 2.75) is 32.1 Å². The number of unbranched alkanes of at least 4 members (excludes halogenated alkanes) is 1. The van der Waals surface area contributed by atoms with Crippen molar-refractivity contribution in [2.75, 3.05) is 0 Å². The van der Waals surface area contributed by atoms with Gasteiger partial charge in [0, 0.05) is 77.8 Å². The van der Waals surface area contributed by atoms with Crippen LogP contribution in [0.4, 0.5) is 0 Å². The van der Waals surface area contributed by atoms with Gasteiger partial charge in [0.1, 0.15) is 0 Å². The topological polar surface area (TPSA) is 8.82 Å². The van der Waals surface area contributed by atoms with Crippen molar-refractivity contribution in [1.29, 1.82) is 0 Å². The smallest absolute Gasteiger partial charge is 0.346 e. The van der Waals surface area contributed by atoms with E-state index in [1.54, 1.807) is 0 Å². The second-order valence-electron chi connectivity index (χ2n) is 5.74. The Balaban J connectivity index is 0.000000372. The van der Waals surface area contributed by atoms with Crippen molar-refractivity contribution in [3.8, 4) is 0 Å². The number of hydrogen-bond donors (Lipinski definition) is 0. The van der Waals surface area contributed by atoms with E-state index in [0.717, 1.165) is 12.3 Å². The molecule has 3 aromatic heterocycles. The van der Waals surface area contributed by atoms with Gasteiger partial charge in [-0.25, -0.2) is 12.8 Å². The fraction of sp³-hybridized carbons (Fsp3) is 0.389. The quantitative estimate of drug-likeness (QED) is 0.432. The van der Waals surface area contributed by atoms with Crippen molar-refractivity contribution in [1.82, 2.24) is 9.03 Å². The molecule has 1 aliphatic rings. The largest absolute Gasteiger partial charge is 3.00 e. The van der Waals surface area contributed by atoms with Crippen molar-refractivity contribution >= 4 is 11.0 Å². The maximum Gasteiger partial charge on any atom is 3.00 e. The summed E-state index contributed by atoms with van der Waals surface area (Å²) in [5.41, 5.74) is 2.53. The summed E-state index contributed by atoms with van der Waals surface area (Å²) in [7, 11) is 0. The number of rotatable bonds is 3. The van der Waals surface area contributed by atoms with Crippen LogP contribution in [0.5, 0.6) is 0 Å². The molecule has 114 valence electrons. The summed E-state index contributed by atoms with van der Waals surface area (Å²) in [4.78, 5) is 0. The van der Waals surface area contributed by atoms with Gasteiger partial charge in [0.2, 0.25) is 0 Å². The van der Waals surface area contributed by atoms with Gasteiger partial charge >= 0.3 is 32.7 Å². The number of hydrogen-bond acceptors (Lipinski definition) is 0. The minimum Gasteiger partial charge on any atom is -0.346 e. The molecule has 2 radical (unpaired) electrons. The number of nitrogens with zero attached hydrogens (tertiary/aromatic N) is 2. The third-order valence-corrected chi connectivity index (χ3v) is 4.33. The monoisotopic (exact) mass is 534 g/mol. The molecule has 3 aromatic rings. The molecule has 1 aliphatic carbocycles. The van der Waals surface area contributed by atoms with E-state index >= 15 is 0 Å². The third kappa shape index (κ3) is 6.21. The van der Waals surface area contributed by atoms with E-state index < -0.39 is 0 Å². The molecule has 0 bridgehead atoms. The molecule has 1 fully saturated rings. The molecule has 2 nitrogen and oxygen atoms in total. The minimum absolute atomic E-state index is 0. The van der Waals surface area contributed by atoms with Gasteiger partial charge in [-0.15, -0.1) is 0 Å². The van der Waals surface area contributed by atoms with E-state index in [4.69, 9.17) is 0 Å². The summed E-state index contributed by atoms with van der Waals surface area (Å²) >= 11 is 0. The normalized spacial score (nSPS) is 19.6. The summed E-state index contributed by atoms with van der Waals surface area (Å²) < 4.78 is 4.24. The Morgan fingerprint density at radius 1 is 1.04 bits per heavy atom. The molecule has 1 saturated carbocycles. The second-order valence-corrected chi connectivity index (χ2v) is 5.74. The maximum atomic E-state index is 4.12. The fourth-order valence-electron chi connectivity index (χ4n) is 3.18. The Morgan fingerprint density at radius 3 is 2.13 bits per heavy atom. The van der Waals surface area contributed by atoms with Gasteiger partial charge in [-0.3, -0.25) is 9.03 Å². The fourth-order valence-corrected chi connectivity index (χ4v) is 3.18. The van der Waals surface area contributed by atoms with Gasteiger partial charge in [-0.1, -0.05) is 19.3 Å². The standard InChI is InChI=1S/C10H17.C8H6N2.3Y/c1-3-4-7-10-8-5-6-9(10)2;1-2-8-4-6-9-5-3-7(1)10(8)9;;;/h7,9-10H,1-6,8H2;1-6H;;;/q-3;;;;+3. The van der Waals surface area contributed by atoms with Crippen molar-refractivity contribution in [3.05, 3.63) is 56.9 Å². The first-order valence-electron chi connectivity index (χ1n) is 7.62. The molecule has 4 rings (SSSR count). The molecule has 23 heavy (non-hydrogen) atoms. The van der Waals surface area contributed by atoms with Crippen LogP contribution in [0.1, 0.15) is 32.1 Å². The van der Waals surface area contributed by atoms with E-state index in [-0.39, 0.29) is 98.1 Å². The van der Waals surface area contributed by atoms with Crippen LogP contribution >= 0.6 is 0 Å². The molecular formula is C18H23N2Y3. The van der Waals surface area contributed by atoms with Gasteiger partial charge in [0.15, 0.2) is 0 Å². The van der Waals surface area contributed by atoms with Crippen LogP contribution < -0.4 is 0 Å². The summed E-state index contributed by atoms with van der Waals surface area (Å²) in [6.45, 7) is 7.94. The summed E-state index contributed by atoms with van der Waals surface area (Å²) in [5, 5.41) is 0. The third-order valence-electron chi connectivity index (χ3n) is 4.33. The maximum absolute atomic E-state index is 4.12. The van der Waals surface area contributed by atoms with Crippen molar-refractivity contribution in [2.24, 2.45) is 11.8 Å². The molecular weight excluding hydrogens is 511 g/mol. The predicted molar refractivity (Wildman–Crippen MR) is 84.6 cm³/mol. The van der Waals surface area contributed by atoms with Crippen LogP contribution in [0.3, 0.4) is 0 Å². The van der Waals surface area contributed by atoms with Crippen LogP contribution in [0.2, 0.25) is 0 Å². The Bertz CT molecular complexity index is 546. The van der Waals surface area contributed by atoms with Gasteiger partial charge in [-0.05, 0) is 24.3 Å². The zero-order valence-electron chi connectivity index (χ0n) is 13.8. The molecule has 2 unspecified atom stereocenters. The zero-order chi connectivity index (χ0) is 13.9. The molecule has 0 spiro atoms. The molecule has 5 heteroatoms. The van der Waals surface area contributed by atoms with Crippen LogP contribution in [-0.4, -0.2) is 9.03 Å². The van der Waals surface area contributed by atoms with Gasteiger partial charge in [-0.2, -0.15) is 11.8 Å². The van der Waals surface area contributed by atoms with Gasteiger partial charge in [0.25, 0.3) is 0 Å². The zero-order valence-corrected chi connectivity index (χ0v) is 22.3. The van der Waals surface area contributed by atoms with Crippen molar-refractivity contribution in [3.63, 3.8) is 0 Å². The molecule has 3 heterocycles. The Labute approximate surface area is 215 Å². The van der Waals surface area contributed by atoms with Crippen LogP contribution in [0, 0.1) is 32.1 Å². The summed E-state index contributed by atoms with van der Waals surface area (Å²) in [6, 6.07) is 8.45. The molecule has 0 aliphatic heterocycles. The summed E-state index contributed by atoms with van der Waals surface area (Å²) in [6.07, 6.45) is 12.8. The van der Waals surface area contributed by atoms with Crippen LogP contribution in [0.25, 0.3) is 11.0 Å². The number of aromatic nitrogens is 2. The average Bonchev–Trinajstić information content (AvgIpc) is 3.18. The second kappa shape index (κ2) is 12.3. The molecule has 2 atom stereocenters.